The minimum absolute atomic E-state index is 0.00288. The Hall–Kier alpha value is -3.52. The number of oxazole rings is 1. The number of rotatable bonds is 3. The summed E-state index contributed by atoms with van der Waals surface area (Å²) in [4.78, 5) is 4.43. The molecule has 5 heteroatoms. The Balaban J connectivity index is 1.62. The van der Waals surface area contributed by atoms with Crippen LogP contribution in [0, 0.1) is 11.3 Å². The molecule has 122 valence electrons. The standard InChI is InChI=1S/C20H15N3O2/c21-11-16(19-22-17(12-24-19)14-7-3-1-4-8-14)20-23-18(13-25-20)15-9-5-2-6-10-15/h1-10,12,18,23H,13H2. The predicted octanol–water partition coefficient (Wildman–Crippen LogP) is 3.89. The molecule has 25 heavy (non-hydrogen) atoms. The first kappa shape index (κ1) is 15.0. The molecule has 0 saturated carbocycles. The van der Waals surface area contributed by atoms with Crippen LogP contribution in [-0.4, -0.2) is 11.6 Å². The van der Waals surface area contributed by atoms with Gasteiger partial charge in [0.25, 0.3) is 0 Å². The molecule has 1 aliphatic heterocycles. The van der Waals surface area contributed by atoms with Crippen LogP contribution >= 0.6 is 0 Å². The molecule has 1 fully saturated rings. The van der Waals surface area contributed by atoms with Crippen LogP contribution in [0.5, 0.6) is 0 Å². The zero-order chi connectivity index (χ0) is 17.1. The number of nitrogens with one attached hydrogen (secondary N) is 1. The molecule has 1 aromatic heterocycles. The van der Waals surface area contributed by atoms with Crippen molar-refractivity contribution in [2.75, 3.05) is 6.61 Å². The molecule has 1 unspecified atom stereocenters. The topological polar surface area (TPSA) is 71.1 Å². The van der Waals surface area contributed by atoms with Crippen molar-refractivity contribution in [2.45, 2.75) is 6.04 Å². The van der Waals surface area contributed by atoms with Gasteiger partial charge in [-0.25, -0.2) is 4.98 Å². The second-order valence-electron chi connectivity index (χ2n) is 5.64. The van der Waals surface area contributed by atoms with E-state index in [-0.39, 0.29) is 17.5 Å². The third-order valence-corrected chi connectivity index (χ3v) is 4.03. The van der Waals surface area contributed by atoms with E-state index in [0.29, 0.717) is 18.2 Å². The van der Waals surface area contributed by atoms with Gasteiger partial charge in [-0.15, -0.1) is 0 Å². The summed E-state index contributed by atoms with van der Waals surface area (Å²) in [5, 5.41) is 12.8. The average molecular weight is 329 g/mol. The van der Waals surface area contributed by atoms with Gasteiger partial charge < -0.3 is 14.5 Å². The second-order valence-corrected chi connectivity index (χ2v) is 5.64. The van der Waals surface area contributed by atoms with Crippen LogP contribution in [0.1, 0.15) is 17.5 Å². The average Bonchev–Trinajstić information content (AvgIpc) is 3.35. The number of nitriles is 1. The molecular weight excluding hydrogens is 314 g/mol. The largest absolute Gasteiger partial charge is 0.476 e. The van der Waals surface area contributed by atoms with Crippen LogP contribution in [0.2, 0.25) is 0 Å². The van der Waals surface area contributed by atoms with Crippen molar-refractivity contribution in [2.24, 2.45) is 0 Å². The van der Waals surface area contributed by atoms with Crippen molar-refractivity contribution >= 4 is 5.57 Å². The van der Waals surface area contributed by atoms with Crippen LogP contribution in [0.25, 0.3) is 16.8 Å². The summed E-state index contributed by atoms with van der Waals surface area (Å²) in [6, 6.07) is 21.8. The maximum Gasteiger partial charge on any atom is 0.242 e. The second kappa shape index (κ2) is 6.54. The monoisotopic (exact) mass is 329 g/mol. The SMILES string of the molecule is N#CC(=C1NC(c2ccccc2)CO1)c1nc(-c2ccccc2)co1. The fourth-order valence-corrected chi connectivity index (χ4v) is 2.74. The van der Waals surface area contributed by atoms with Gasteiger partial charge in [-0.3, -0.25) is 0 Å². The molecule has 0 radical (unpaired) electrons. The van der Waals surface area contributed by atoms with E-state index in [9.17, 15) is 5.26 Å². The van der Waals surface area contributed by atoms with Gasteiger partial charge >= 0.3 is 0 Å². The molecule has 5 nitrogen and oxygen atoms in total. The van der Waals surface area contributed by atoms with Gasteiger partial charge in [0.1, 0.15) is 24.6 Å². The highest BCUT2D eigenvalue weighted by Gasteiger charge is 2.26. The Kier molecular flexibility index (Phi) is 3.93. The first-order valence-corrected chi connectivity index (χ1v) is 7.95. The predicted molar refractivity (Wildman–Crippen MR) is 92.7 cm³/mol. The van der Waals surface area contributed by atoms with Crippen LogP contribution in [0.3, 0.4) is 0 Å². The summed E-state index contributed by atoms with van der Waals surface area (Å²) < 4.78 is 11.2. The first-order valence-electron chi connectivity index (χ1n) is 7.95. The van der Waals surface area contributed by atoms with Crippen molar-refractivity contribution in [1.29, 1.82) is 5.26 Å². The zero-order valence-corrected chi connectivity index (χ0v) is 13.3. The molecule has 1 aliphatic rings. The number of allylic oxidation sites excluding steroid dienone is 1. The van der Waals surface area contributed by atoms with E-state index in [4.69, 9.17) is 9.15 Å². The summed E-state index contributed by atoms with van der Waals surface area (Å²) in [5.41, 5.74) is 2.98. The van der Waals surface area contributed by atoms with Gasteiger partial charge in [0, 0.05) is 5.56 Å². The number of aromatic nitrogens is 1. The normalized spacial score (nSPS) is 18.1. The van der Waals surface area contributed by atoms with Gasteiger partial charge in [0.05, 0.1) is 6.04 Å². The van der Waals surface area contributed by atoms with E-state index in [1.165, 1.54) is 0 Å². The van der Waals surface area contributed by atoms with Gasteiger partial charge in [0.15, 0.2) is 5.57 Å². The third kappa shape index (κ3) is 2.98. The summed E-state index contributed by atoms with van der Waals surface area (Å²) in [6.45, 7) is 0.455. The molecular formula is C20H15N3O2. The van der Waals surface area contributed by atoms with E-state index in [1.54, 1.807) is 6.26 Å². The van der Waals surface area contributed by atoms with Gasteiger partial charge in [-0.1, -0.05) is 60.7 Å². The lowest BCUT2D eigenvalue weighted by Gasteiger charge is -2.07. The highest BCUT2D eigenvalue weighted by molar-refractivity contribution is 5.75. The Bertz CT molecular complexity index is 940. The van der Waals surface area contributed by atoms with Crippen molar-refractivity contribution in [3.63, 3.8) is 0 Å². The van der Waals surface area contributed by atoms with Gasteiger partial charge in [-0.2, -0.15) is 5.26 Å². The highest BCUT2D eigenvalue weighted by atomic mass is 16.5. The summed E-state index contributed by atoms with van der Waals surface area (Å²) >= 11 is 0. The van der Waals surface area contributed by atoms with E-state index in [1.807, 2.05) is 60.7 Å². The number of benzene rings is 2. The summed E-state index contributed by atoms with van der Waals surface area (Å²) in [5.74, 6) is 0.648. The minimum Gasteiger partial charge on any atom is -0.476 e. The van der Waals surface area contributed by atoms with Crippen LogP contribution in [-0.2, 0) is 4.74 Å². The van der Waals surface area contributed by atoms with Crippen LogP contribution < -0.4 is 5.32 Å². The molecule has 2 heterocycles. The molecule has 0 spiro atoms. The molecule has 1 saturated heterocycles. The van der Waals surface area contributed by atoms with Crippen LogP contribution in [0.15, 0.2) is 77.2 Å². The summed E-state index contributed by atoms with van der Waals surface area (Å²) in [6.07, 6.45) is 1.55. The van der Waals surface area contributed by atoms with Crippen molar-refractivity contribution in [1.82, 2.24) is 10.3 Å². The summed E-state index contributed by atoms with van der Waals surface area (Å²) in [7, 11) is 0. The lowest BCUT2D eigenvalue weighted by Crippen LogP contribution is -2.14. The maximum atomic E-state index is 9.55. The van der Waals surface area contributed by atoms with E-state index in [0.717, 1.165) is 11.1 Å². The van der Waals surface area contributed by atoms with Gasteiger partial charge in [0.2, 0.25) is 11.8 Å². The maximum absolute atomic E-state index is 9.55. The minimum atomic E-state index is 0.00288. The molecule has 0 aliphatic carbocycles. The highest BCUT2D eigenvalue weighted by Crippen LogP contribution is 2.28. The number of hydrogen-bond acceptors (Lipinski definition) is 5. The Morgan fingerprint density at radius 3 is 2.52 bits per heavy atom. The fourth-order valence-electron chi connectivity index (χ4n) is 2.74. The van der Waals surface area contributed by atoms with Crippen molar-refractivity contribution < 1.29 is 9.15 Å². The lowest BCUT2D eigenvalue weighted by atomic mass is 10.1. The van der Waals surface area contributed by atoms with E-state index in [2.05, 4.69) is 16.4 Å². The quantitative estimate of drug-likeness (QED) is 0.738. The Morgan fingerprint density at radius 1 is 1.08 bits per heavy atom. The number of ether oxygens (including phenoxy) is 1. The Morgan fingerprint density at radius 2 is 1.80 bits per heavy atom. The first-order chi connectivity index (χ1) is 12.3. The lowest BCUT2D eigenvalue weighted by molar-refractivity contribution is 0.256. The molecule has 1 N–H and O–H groups in total. The van der Waals surface area contributed by atoms with Crippen molar-refractivity contribution in [3.8, 4) is 17.3 Å². The molecule has 2 aromatic carbocycles. The molecule has 3 aromatic rings. The Labute approximate surface area is 145 Å². The molecule has 0 bridgehead atoms. The van der Waals surface area contributed by atoms with E-state index >= 15 is 0 Å². The third-order valence-electron chi connectivity index (χ3n) is 4.03. The van der Waals surface area contributed by atoms with Crippen LogP contribution in [0.4, 0.5) is 0 Å². The molecule has 1 atom stereocenters. The fraction of sp³-hybridized carbons (Fsp3) is 0.100. The molecule has 0 amide bonds. The smallest absolute Gasteiger partial charge is 0.242 e. The van der Waals surface area contributed by atoms with Gasteiger partial charge in [-0.05, 0) is 5.56 Å². The van der Waals surface area contributed by atoms with E-state index < -0.39 is 0 Å². The van der Waals surface area contributed by atoms with Crippen molar-refractivity contribution in [3.05, 3.63) is 84.3 Å². The number of nitrogens with zero attached hydrogens (tertiary/aromatic N) is 2. The zero-order valence-electron chi connectivity index (χ0n) is 13.3. The molecule has 4 rings (SSSR count). The number of hydrogen-bond donors (Lipinski definition) is 1.